The highest BCUT2D eigenvalue weighted by atomic mass is 35.5. The third-order valence-corrected chi connectivity index (χ3v) is 5.99. The van der Waals surface area contributed by atoms with Crippen molar-refractivity contribution in [3.63, 3.8) is 0 Å². The van der Waals surface area contributed by atoms with E-state index >= 15 is 0 Å². The summed E-state index contributed by atoms with van der Waals surface area (Å²) in [4.78, 5) is 14.9. The first-order valence-corrected chi connectivity index (χ1v) is 8.49. The molecule has 1 aromatic carbocycles. The predicted octanol–water partition coefficient (Wildman–Crippen LogP) is 4.11. The fourth-order valence-electron chi connectivity index (χ4n) is 3.81. The number of fused-ring (bicyclic) bond motifs is 3. The quantitative estimate of drug-likeness (QED) is 0.772. The van der Waals surface area contributed by atoms with Gasteiger partial charge in [-0.2, -0.15) is 0 Å². The molecule has 2 saturated heterocycles. The first-order valence-electron chi connectivity index (χ1n) is 7.61. The standard InChI is InChI=1S/C17H19NO2S.ClH/c1-18-11-6-7-12(18)9-13(8-11)20-17(19)15-10-21-16-5-3-2-4-14(15)16;/h2-5,10-13H,6-9H2,1H3;1H. The fraction of sp³-hybridized carbons (Fsp3) is 0.471. The number of ether oxygens (including phenoxy) is 1. The lowest BCUT2D eigenvalue weighted by atomic mass is 10.0. The van der Waals surface area contributed by atoms with Gasteiger partial charge in [0.25, 0.3) is 0 Å². The van der Waals surface area contributed by atoms with Crippen LogP contribution in [0, 0.1) is 0 Å². The summed E-state index contributed by atoms with van der Waals surface area (Å²) in [6, 6.07) is 9.22. The van der Waals surface area contributed by atoms with Crippen LogP contribution in [-0.2, 0) is 4.74 Å². The number of nitrogens with zero attached hydrogens (tertiary/aromatic N) is 1. The Kier molecular flexibility index (Phi) is 4.44. The van der Waals surface area contributed by atoms with Gasteiger partial charge in [0.1, 0.15) is 6.10 Å². The molecule has 0 amide bonds. The van der Waals surface area contributed by atoms with Gasteiger partial charge < -0.3 is 9.64 Å². The topological polar surface area (TPSA) is 29.5 Å². The van der Waals surface area contributed by atoms with E-state index in [1.165, 1.54) is 12.8 Å². The predicted molar refractivity (Wildman–Crippen MR) is 92.1 cm³/mol. The second-order valence-electron chi connectivity index (χ2n) is 6.19. The molecule has 1 aromatic heterocycles. The molecule has 0 aliphatic carbocycles. The van der Waals surface area contributed by atoms with E-state index in [0.29, 0.717) is 12.1 Å². The molecular formula is C17H20ClNO2S. The SMILES string of the molecule is CN1C2CCC1CC(OC(=O)c1csc3ccccc13)C2.Cl. The van der Waals surface area contributed by atoms with Gasteiger partial charge in [-0.05, 0) is 26.0 Å². The fourth-order valence-corrected chi connectivity index (χ4v) is 4.74. The van der Waals surface area contributed by atoms with E-state index in [9.17, 15) is 4.79 Å². The Balaban J connectivity index is 0.00000144. The number of esters is 1. The van der Waals surface area contributed by atoms with Crippen molar-refractivity contribution in [1.82, 2.24) is 4.90 Å². The highest BCUT2D eigenvalue weighted by Gasteiger charge is 2.40. The zero-order valence-corrected chi connectivity index (χ0v) is 14.2. The normalized spacial score (nSPS) is 27.6. The first kappa shape index (κ1) is 15.8. The second kappa shape index (κ2) is 6.19. The molecule has 0 radical (unpaired) electrons. The van der Waals surface area contributed by atoms with Crippen LogP contribution in [-0.4, -0.2) is 36.1 Å². The van der Waals surface area contributed by atoms with Gasteiger partial charge in [-0.3, -0.25) is 0 Å². The maximum Gasteiger partial charge on any atom is 0.339 e. The van der Waals surface area contributed by atoms with E-state index in [1.807, 2.05) is 29.6 Å². The third kappa shape index (κ3) is 2.64. The van der Waals surface area contributed by atoms with Gasteiger partial charge in [0.15, 0.2) is 0 Å². The summed E-state index contributed by atoms with van der Waals surface area (Å²) in [7, 11) is 2.20. The summed E-state index contributed by atoms with van der Waals surface area (Å²) in [5.74, 6) is -0.151. The molecule has 2 bridgehead atoms. The Morgan fingerprint density at radius 3 is 2.64 bits per heavy atom. The van der Waals surface area contributed by atoms with Gasteiger partial charge in [-0.25, -0.2) is 4.79 Å². The molecule has 2 aliphatic heterocycles. The molecule has 2 atom stereocenters. The minimum absolute atomic E-state index is 0. The molecule has 2 aromatic rings. The van der Waals surface area contributed by atoms with Crippen molar-refractivity contribution in [1.29, 1.82) is 0 Å². The Morgan fingerprint density at radius 1 is 1.23 bits per heavy atom. The molecule has 22 heavy (non-hydrogen) atoms. The number of carbonyl (C=O) groups is 1. The van der Waals surface area contributed by atoms with Crippen molar-refractivity contribution in [2.75, 3.05) is 7.05 Å². The molecule has 2 fully saturated rings. The maximum atomic E-state index is 12.5. The number of halogens is 1. The van der Waals surface area contributed by atoms with Gasteiger partial charge in [0.2, 0.25) is 0 Å². The molecule has 4 rings (SSSR count). The van der Waals surface area contributed by atoms with Crippen LogP contribution in [0.1, 0.15) is 36.0 Å². The first-order chi connectivity index (χ1) is 10.2. The molecule has 5 heteroatoms. The Hall–Kier alpha value is -1.10. The number of benzene rings is 1. The molecule has 0 spiro atoms. The summed E-state index contributed by atoms with van der Waals surface area (Å²) in [5.41, 5.74) is 0.724. The number of piperidine rings is 1. The maximum absolute atomic E-state index is 12.5. The summed E-state index contributed by atoms with van der Waals surface area (Å²) in [6.07, 6.45) is 4.55. The summed E-state index contributed by atoms with van der Waals surface area (Å²) in [5, 5.41) is 2.94. The number of hydrogen-bond donors (Lipinski definition) is 0. The van der Waals surface area contributed by atoms with E-state index in [-0.39, 0.29) is 24.5 Å². The van der Waals surface area contributed by atoms with E-state index in [4.69, 9.17) is 4.74 Å². The van der Waals surface area contributed by atoms with Crippen LogP contribution in [0.25, 0.3) is 10.1 Å². The second-order valence-corrected chi connectivity index (χ2v) is 7.11. The van der Waals surface area contributed by atoms with Crippen LogP contribution in [0.15, 0.2) is 29.6 Å². The Morgan fingerprint density at radius 2 is 1.91 bits per heavy atom. The van der Waals surface area contributed by atoms with Crippen LogP contribution in [0.5, 0.6) is 0 Å². The van der Waals surface area contributed by atoms with Crippen LogP contribution in [0.2, 0.25) is 0 Å². The van der Waals surface area contributed by atoms with Gasteiger partial charge in [-0.1, -0.05) is 18.2 Å². The van der Waals surface area contributed by atoms with Crippen LogP contribution in [0.4, 0.5) is 0 Å². The van der Waals surface area contributed by atoms with Crippen molar-refractivity contribution in [3.8, 4) is 0 Å². The molecule has 3 heterocycles. The monoisotopic (exact) mass is 337 g/mol. The van der Waals surface area contributed by atoms with Crippen molar-refractivity contribution in [3.05, 3.63) is 35.2 Å². The largest absolute Gasteiger partial charge is 0.459 e. The average Bonchev–Trinajstić information content (AvgIpc) is 2.98. The molecule has 3 nitrogen and oxygen atoms in total. The van der Waals surface area contributed by atoms with Crippen molar-refractivity contribution in [2.45, 2.75) is 43.9 Å². The zero-order chi connectivity index (χ0) is 14.4. The number of hydrogen-bond acceptors (Lipinski definition) is 4. The number of carbonyl (C=O) groups excluding carboxylic acids is 1. The minimum Gasteiger partial charge on any atom is -0.459 e. The molecule has 0 saturated carbocycles. The van der Waals surface area contributed by atoms with Gasteiger partial charge in [-0.15, -0.1) is 23.7 Å². The lowest BCUT2D eigenvalue weighted by molar-refractivity contribution is -0.000221. The number of rotatable bonds is 2. The van der Waals surface area contributed by atoms with Crippen molar-refractivity contribution >= 4 is 39.8 Å². The van der Waals surface area contributed by atoms with Gasteiger partial charge in [0.05, 0.1) is 5.56 Å². The summed E-state index contributed by atoms with van der Waals surface area (Å²) >= 11 is 1.61. The van der Waals surface area contributed by atoms with E-state index in [2.05, 4.69) is 11.9 Å². The molecular weight excluding hydrogens is 318 g/mol. The van der Waals surface area contributed by atoms with Gasteiger partial charge in [0, 0.05) is 40.4 Å². The van der Waals surface area contributed by atoms with E-state index in [1.54, 1.807) is 11.3 Å². The van der Waals surface area contributed by atoms with Crippen LogP contribution < -0.4 is 0 Å². The highest BCUT2D eigenvalue weighted by molar-refractivity contribution is 7.17. The lowest BCUT2D eigenvalue weighted by Crippen LogP contribution is -2.43. The molecule has 2 aliphatic rings. The summed E-state index contributed by atoms with van der Waals surface area (Å²) < 4.78 is 6.96. The molecule has 2 unspecified atom stereocenters. The summed E-state index contributed by atoms with van der Waals surface area (Å²) in [6.45, 7) is 0. The average molecular weight is 338 g/mol. The third-order valence-electron chi connectivity index (χ3n) is 5.03. The number of thiophene rings is 1. The molecule has 0 N–H and O–H groups in total. The van der Waals surface area contributed by atoms with E-state index in [0.717, 1.165) is 28.5 Å². The van der Waals surface area contributed by atoms with E-state index < -0.39 is 0 Å². The molecule has 118 valence electrons. The van der Waals surface area contributed by atoms with Crippen molar-refractivity contribution < 1.29 is 9.53 Å². The Labute approximate surface area is 140 Å². The van der Waals surface area contributed by atoms with Crippen LogP contribution in [0.3, 0.4) is 0 Å². The highest BCUT2D eigenvalue weighted by Crippen LogP contribution is 2.36. The minimum atomic E-state index is -0.151. The van der Waals surface area contributed by atoms with Crippen molar-refractivity contribution in [2.24, 2.45) is 0 Å². The van der Waals surface area contributed by atoms with Gasteiger partial charge >= 0.3 is 5.97 Å². The van der Waals surface area contributed by atoms with Crippen LogP contribution >= 0.6 is 23.7 Å². The zero-order valence-electron chi connectivity index (χ0n) is 12.5. The smallest absolute Gasteiger partial charge is 0.339 e. The Bertz CT molecular complexity index is 672. The lowest BCUT2D eigenvalue weighted by Gasteiger charge is -2.35.